The molecule has 0 atom stereocenters. The number of rotatable bonds is 2. The topological polar surface area (TPSA) is 22.1 Å². The number of aryl methyl sites for hydroxylation is 5. The summed E-state index contributed by atoms with van der Waals surface area (Å²) >= 11 is 0. The van der Waals surface area contributed by atoms with Gasteiger partial charge in [-0.1, -0.05) is 54.1 Å². The van der Waals surface area contributed by atoms with Gasteiger partial charge in [0, 0.05) is 22.7 Å². The maximum absolute atomic E-state index is 6.59. The third kappa shape index (κ3) is 3.06. The van der Waals surface area contributed by atoms with E-state index in [4.69, 9.17) is 9.72 Å². The number of benzene rings is 4. The molecule has 0 fully saturated rings. The second-order valence-electron chi connectivity index (χ2n) is 9.55. The summed E-state index contributed by atoms with van der Waals surface area (Å²) in [7, 11) is 0. The standard InChI is InChI=1S/C32H27NO/c1-18-14-20(3)30(21(4)15-18)27-16-28(33-17-22(27)5)26-10-6-9-25-24-13-12-19(2)23-8-7-11-29(31(23)24)34-32(25)26/h6-17H,1-5H3. The fourth-order valence-corrected chi connectivity index (χ4v) is 5.54. The molecule has 0 saturated heterocycles. The molecule has 0 spiro atoms. The molecular formula is C32H27NO. The van der Waals surface area contributed by atoms with Crippen molar-refractivity contribution in [1.82, 2.24) is 4.98 Å². The van der Waals surface area contributed by atoms with E-state index in [2.05, 4.69) is 101 Å². The fraction of sp³-hybridized carbons (Fsp3) is 0.156. The van der Waals surface area contributed by atoms with Gasteiger partial charge in [0.15, 0.2) is 0 Å². The van der Waals surface area contributed by atoms with E-state index in [1.165, 1.54) is 55.3 Å². The van der Waals surface area contributed by atoms with Crippen LogP contribution in [-0.4, -0.2) is 4.98 Å². The number of ether oxygens (including phenoxy) is 1. The number of hydrogen-bond acceptors (Lipinski definition) is 2. The zero-order valence-electron chi connectivity index (χ0n) is 20.3. The number of pyridine rings is 1. The van der Waals surface area contributed by atoms with Crippen LogP contribution in [0.5, 0.6) is 11.5 Å². The van der Waals surface area contributed by atoms with Crippen molar-refractivity contribution in [2.75, 3.05) is 0 Å². The predicted molar refractivity (Wildman–Crippen MR) is 142 cm³/mol. The summed E-state index contributed by atoms with van der Waals surface area (Å²) in [5, 5.41) is 2.43. The summed E-state index contributed by atoms with van der Waals surface area (Å²) in [5.41, 5.74) is 13.1. The highest BCUT2D eigenvalue weighted by Gasteiger charge is 2.24. The van der Waals surface area contributed by atoms with Crippen LogP contribution in [0.2, 0.25) is 0 Å². The van der Waals surface area contributed by atoms with Crippen LogP contribution in [0.15, 0.2) is 72.9 Å². The van der Waals surface area contributed by atoms with Gasteiger partial charge >= 0.3 is 0 Å². The highest BCUT2D eigenvalue weighted by atomic mass is 16.5. The lowest BCUT2D eigenvalue weighted by atomic mass is 9.89. The summed E-state index contributed by atoms with van der Waals surface area (Å²) in [6.45, 7) is 10.8. The zero-order valence-corrected chi connectivity index (χ0v) is 20.3. The van der Waals surface area contributed by atoms with Crippen LogP contribution < -0.4 is 4.74 Å². The Hall–Kier alpha value is -3.91. The van der Waals surface area contributed by atoms with Crippen molar-refractivity contribution in [3.05, 3.63) is 101 Å². The lowest BCUT2D eigenvalue weighted by Crippen LogP contribution is -2.01. The molecule has 166 valence electrons. The summed E-state index contributed by atoms with van der Waals surface area (Å²) in [6, 6.07) is 23.9. The number of hydrogen-bond donors (Lipinski definition) is 0. The second kappa shape index (κ2) is 7.56. The maximum Gasteiger partial charge on any atom is 0.144 e. The monoisotopic (exact) mass is 441 g/mol. The van der Waals surface area contributed by atoms with E-state index in [1.54, 1.807) is 0 Å². The van der Waals surface area contributed by atoms with Crippen molar-refractivity contribution in [3.63, 3.8) is 0 Å². The third-order valence-corrected chi connectivity index (χ3v) is 7.06. The summed E-state index contributed by atoms with van der Waals surface area (Å²) < 4.78 is 6.59. The van der Waals surface area contributed by atoms with Crippen LogP contribution >= 0.6 is 0 Å². The van der Waals surface area contributed by atoms with E-state index in [0.29, 0.717) is 0 Å². The smallest absolute Gasteiger partial charge is 0.144 e. The van der Waals surface area contributed by atoms with E-state index < -0.39 is 0 Å². The molecule has 0 unspecified atom stereocenters. The Kier molecular flexibility index (Phi) is 4.60. The first-order valence-corrected chi connectivity index (χ1v) is 11.8. The van der Waals surface area contributed by atoms with Gasteiger partial charge in [-0.15, -0.1) is 0 Å². The molecule has 0 radical (unpaired) electrons. The first-order chi connectivity index (χ1) is 16.4. The molecule has 0 amide bonds. The van der Waals surface area contributed by atoms with Crippen molar-refractivity contribution < 1.29 is 4.74 Å². The molecule has 0 N–H and O–H groups in total. The number of nitrogens with zero attached hydrogens (tertiary/aromatic N) is 1. The number of fused-ring (bicyclic) bond motifs is 2. The van der Waals surface area contributed by atoms with Crippen LogP contribution in [0.1, 0.15) is 27.8 Å². The molecule has 0 bridgehead atoms. The van der Waals surface area contributed by atoms with Crippen LogP contribution in [0.25, 0.3) is 44.3 Å². The average Bonchev–Trinajstić information content (AvgIpc) is 2.81. The van der Waals surface area contributed by atoms with E-state index in [0.717, 1.165) is 28.3 Å². The van der Waals surface area contributed by atoms with Gasteiger partial charge in [0.2, 0.25) is 0 Å². The molecule has 2 heterocycles. The van der Waals surface area contributed by atoms with Gasteiger partial charge in [-0.25, -0.2) is 0 Å². The average molecular weight is 442 g/mol. The molecule has 0 saturated carbocycles. The molecule has 1 aliphatic heterocycles. The van der Waals surface area contributed by atoms with Crippen molar-refractivity contribution in [2.24, 2.45) is 0 Å². The van der Waals surface area contributed by atoms with E-state index in [-0.39, 0.29) is 0 Å². The van der Waals surface area contributed by atoms with Gasteiger partial charge in [-0.3, -0.25) is 4.98 Å². The Morgan fingerprint density at radius 3 is 2.15 bits per heavy atom. The minimum Gasteiger partial charge on any atom is -0.455 e. The summed E-state index contributed by atoms with van der Waals surface area (Å²) in [4.78, 5) is 4.86. The molecule has 34 heavy (non-hydrogen) atoms. The summed E-state index contributed by atoms with van der Waals surface area (Å²) in [6.07, 6.45) is 1.99. The minimum absolute atomic E-state index is 0.881. The van der Waals surface area contributed by atoms with Gasteiger partial charge in [0.1, 0.15) is 11.5 Å². The van der Waals surface area contributed by atoms with Crippen LogP contribution in [0.3, 0.4) is 0 Å². The molecule has 5 aromatic rings. The van der Waals surface area contributed by atoms with Crippen LogP contribution in [0.4, 0.5) is 0 Å². The van der Waals surface area contributed by atoms with Crippen molar-refractivity contribution in [3.8, 4) is 45.0 Å². The van der Waals surface area contributed by atoms with E-state index in [1.807, 2.05) is 6.20 Å². The molecular weight excluding hydrogens is 414 g/mol. The Morgan fingerprint density at radius 2 is 1.35 bits per heavy atom. The molecule has 2 nitrogen and oxygen atoms in total. The minimum atomic E-state index is 0.881. The highest BCUT2D eigenvalue weighted by Crippen LogP contribution is 2.50. The molecule has 0 aliphatic carbocycles. The lowest BCUT2D eigenvalue weighted by molar-refractivity contribution is 0.488. The van der Waals surface area contributed by atoms with Crippen molar-refractivity contribution in [2.45, 2.75) is 34.6 Å². The van der Waals surface area contributed by atoms with Gasteiger partial charge in [-0.2, -0.15) is 0 Å². The lowest BCUT2D eigenvalue weighted by Gasteiger charge is -2.24. The van der Waals surface area contributed by atoms with Gasteiger partial charge in [0.05, 0.1) is 5.69 Å². The van der Waals surface area contributed by atoms with Gasteiger partial charge < -0.3 is 4.74 Å². The number of aromatic nitrogens is 1. The van der Waals surface area contributed by atoms with Crippen molar-refractivity contribution in [1.29, 1.82) is 0 Å². The van der Waals surface area contributed by atoms with Gasteiger partial charge in [0.25, 0.3) is 0 Å². The van der Waals surface area contributed by atoms with Crippen LogP contribution in [-0.2, 0) is 0 Å². The SMILES string of the molecule is Cc1cc(C)c(-c2cc(-c3cccc4c3Oc3cccc5c(C)ccc-4c35)ncc2C)c(C)c1. The Morgan fingerprint density at radius 1 is 0.618 bits per heavy atom. The van der Waals surface area contributed by atoms with Gasteiger partial charge in [-0.05, 0) is 97.1 Å². The molecule has 1 aromatic heterocycles. The third-order valence-electron chi connectivity index (χ3n) is 7.06. The largest absolute Gasteiger partial charge is 0.455 e. The molecule has 1 aliphatic rings. The Bertz CT molecular complexity index is 1600. The highest BCUT2D eigenvalue weighted by molar-refractivity contribution is 6.06. The first-order valence-electron chi connectivity index (χ1n) is 11.8. The molecule has 6 rings (SSSR count). The normalized spacial score (nSPS) is 11.9. The van der Waals surface area contributed by atoms with Crippen molar-refractivity contribution >= 4 is 10.8 Å². The number of para-hydroxylation sites is 1. The van der Waals surface area contributed by atoms with E-state index in [9.17, 15) is 0 Å². The zero-order chi connectivity index (χ0) is 23.6. The molecule has 4 aromatic carbocycles. The van der Waals surface area contributed by atoms with E-state index >= 15 is 0 Å². The predicted octanol–water partition coefficient (Wildman–Crippen LogP) is 8.88. The fourth-order valence-electron chi connectivity index (χ4n) is 5.54. The Labute approximate surface area is 200 Å². The Balaban J connectivity index is 1.57. The molecule has 2 heteroatoms. The summed E-state index contributed by atoms with van der Waals surface area (Å²) in [5.74, 6) is 1.79. The second-order valence-corrected chi connectivity index (χ2v) is 9.55. The van der Waals surface area contributed by atoms with Crippen LogP contribution in [0, 0.1) is 34.6 Å². The first kappa shape index (κ1) is 20.7. The quantitative estimate of drug-likeness (QED) is 0.268. The maximum atomic E-state index is 6.59.